The molecular weight excluding hydrogens is 332 g/mol. The van der Waals surface area contributed by atoms with Crippen LogP contribution in [0, 0.1) is 13.8 Å². The zero-order valence-corrected chi connectivity index (χ0v) is 16.2. The summed E-state index contributed by atoms with van der Waals surface area (Å²) in [7, 11) is 3.13. The quantitative estimate of drug-likeness (QED) is 0.823. The van der Waals surface area contributed by atoms with E-state index >= 15 is 0 Å². The van der Waals surface area contributed by atoms with E-state index in [0.717, 1.165) is 16.8 Å². The smallest absolute Gasteiger partial charge is 0.263 e. The molecule has 0 aliphatic carbocycles. The van der Waals surface area contributed by atoms with Gasteiger partial charge in [-0.2, -0.15) is 0 Å². The Labute approximate surface area is 154 Å². The van der Waals surface area contributed by atoms with Gasteiger partial charge in [0.1, 0.15) is 0 Å². The SMILES string of the molecule is COc1ccccc1OC(C)(C)C(=O)NCc1c(C)cc(C)nc1OC. The maximum atomic E-state index is 12.7. The molecule has 6 heteroatoms. The molecule has 0 spiro atoms. The molecule has 6 nitrogen and oxygen atoms in total. The predicted octanol–water partition coefficient (Wildman–Crippen LogP) is 3.19. The number of amides is 1. The number of hydrogen-bond donors (Lipinski definition) is 1. The lowest BCUT2D eigenvalue weighted by Gasteiger charge is -2.26. The first-order valence-electron chi connectivity index (χ1n) is 8.40. The number of benzene rings is 1. The van der Waals surface area contributed by atoms with E-state index < -0.39 is 5.60 Å². The summed E-state index contributed by atoms with van der Waals surface area (Å²) in [5, 5.41) is 2.91. The number of nitrogens with one attached hydrogen (secondary N) is 1. The zero-order valence-electron chi connectivity index (χ0n) is 16.2. The number of aryl methyl sites for hydroxylation is 2. The lowest BCUT2D eigenvalue weighted by Crippen LogP contribution is -2.46. The Morgan fingerprint density at radius 1 is 1.12 bits per heavy atom. The van der Waals surface area contributed by atoms with Gasteiger partial charge in [0.05, 0.1) is 14.2 Å². The second-order valence-corrected chi connectivity index (χ2v) is 6.51. The van der Waals surface area contributed by atoms with Crippen molar-refractivity contribution in [3.8, 4) is 17.4 Å². The third kappa shape index (κ3) is 4.45. The number of nitrogens with zero attached hydrogens (tertiary/aromatic N) is 1. The van der Waals surface area contributed by atoms with Crippen molar-refractivity contribution in [2.24, 2.45) is 0 Å². The molecule has 1 aromatic carbocycles. The van der Waals surface area contributed by atoms with Gasteiger partial charge in [0.2, 0.25) is 5.88 Å². The molecule has 26 heavy (non-hydrogen) atoms. The van der Waals surface area contributed by atoms with Crippen LogP contribution in [0.5, 0.6) is 17.4 Å². The Balaban J connectivity index is 2.12. The van der Waals surface area contributed by atoms with Crippen LogP contribution in [0.15, 0.2) is 30.3 Å². The van der Waals surface area contributed by atoms with E-state index in [2.05, 4.69) is 10.3 Å². The predicted molar refractivity (Wildman–Crippen MR) is 99.8 cm³/mol. The summed E-state index contributed by atoms with van der Waals surface area (Å²) in [6, 6.07) is 9.19. The molecule has 0 saturated heterocycles. The van der Waals surface area contributed by atoms with Crippen LogP contribution >= 0.6 is 0 Å². The number of ether oxygens (including phenoxy) is 3. The fourth-order valence-corrected chi connectivity index (χ4v) is 2.62. The van der Waals surface area contributed by atoms with Crippen molar-refractivity contribution in [3.05, 3.63) is 47.2 Å². The van der Waals surface area contributed by atoms with Crippen molar-refractivity contribution in [2.45, 2.75) is 39.8 Å². The van der Waals surface area contributed by atoms with Crippen molar-refractivity contribution >= 4 is 5.91 Å². The molecule has 2 rings (SSSR count). The molecule has 1 N–H and O–H groups in total. The molecule has 1 amide bonds. The van der Waals surface area contributed by atoms with E-state index in [9.17, 15) is 4.79 Å². The van der Waals surface area contributed by atoms with Crippen LogP contribution < -0.4 is 19.5 Å². The van der Waals surface area contributed by atoms with Crippen molar-refractivity contribution in [1.82, 2.24) is 10.3 Å². The molecule has 0 bridgehead atoms. The van der Waals surface area contributed by atoms with Gasteiger partial charge in [0.15, 0.2) is 17.1 Å². The van der Waals surface area contributed by atoms with Gasteiger partial charge < -0.3 is 19.5 Å². The number of carbonyl (C=O) groups is 1. The van der Waals surface area contributed by atoms with E-state index in [-0.39, 0.29) is 5.91 Å². The van der Waals surface area contributed by atoms with Gasteiger partial charge in [-0.05, 0) is 51.5 Å². The highest BCUT2D eigenvalue weighted by atomic mass is 16.5. The summed E-state index contributed by atoms with van der Waals surface area (Å²) in [6.07, 6.45) is 0. The lowest BCUT2D eigenvalue weighted by molar-refractivity contribution is -0.134. The van der Waals surface area contributed by atoms with Gasteiger partial charge in [-0.1, -0.05) is 12.1 Å². The number of methoxy groups -OCH3 is 2. The summed E-state index contributed by atoms with van der Waals surface area (Å²) in [6.45, 7) is 7.61. The van der Waals surface area contributed by atoms with E-state index in [4.69, 9.17) is 14.2 Å². The van der Waals surface area contributed by atoms with Crippen LogP contribution in [-0.4, -0.2) is 30.7 Å². The summed E-state index contributed by atoms with van der Waals surface area (Å²) in [5.41, 5.74) is 1.65. The first-order chi connectivity index (χ1) is 12.3. The first-order valence-corrected chi connectivity index (χ1v) is 8.40. The number of aromatic nitrogens is 1. The number of carbonyl (C=O) groups excluding carboxylic acids is 1. The minimum atomic E-state index is -1.08. The van der Waals surface area contributed by atoms with Crippen LogP contribution in [0.2, 0.25) is 0 Å². The van der Waals surface area contributed by atoms with Gasteiger partial charge in [-0.3, -0.25) is 4.79 Å². The minimum absolute atomic E-state index is 0.245. The van der Waals surface area contributed by atoms with Gasteiger partial charge in [-0.15, -0.1) is 0 Å². The van der Waals surface area contributed by atoms with Crippen LogP contribution in [0.25, 0.3) is 0 Å². The van der Waals surface area contributed by atoms with E-state index in [1.807, 2.05) is 32.0 Å². The van der Waals surface area contributed by atoms with Crippen LogP contribution in [-0.2, 0) is 11.3 Å². The van der Waals surface area contributed by atoms with Crippen molar-refractivity contribution in [2.75, 3.05) is 14.2 Å². The van der Waals surface area contributed by atoms with Crippen molar-refractivity contribution in [3.63, 3.8) is 0 Å². The molecule has 140 valence electrons. The third-order valence-corrected chi connectivity index (χ3v) is 4.04. The molecule has 0 aliphatic heterocycles. The average molecular weight is 358 g/mol. The van der Waals surface area contributed by atoms with Gasteiger partial charge in [0, 0.05) is 17.8 Å². The largest absolute Gasteiger partial charge is 0.493 e. The van der Waals surface area contributed by atoms with Crippen LogP contribution in [0.3, 0.4) is 0 Å². The van der Waals surface area contributed by atoms with E-state index in [1.54, 1.807) is 40.2 Å². The summed E-state index contributed by atoms with van der Waals surface area (Å²) in [4.78, 5) is 17.0. The highest BCUT2D eigenvalue weighted by molar-refractivity contribution is 5.84. The number of rotatable bonds is 7. The summed E-state index contributed by atoms with van der Waals surface area (Å²) in [5.74, 6) is 1.37. The van der Waals surface area contributed by atoms with Gasteiger partial charge in [-0.25, -0.2) is 4.98 Å². The molecular formula is C20H26N2O4. The lowest BCUT2D eigenvalue weighted by atomic mass is 10.1. The van der Waals surface area contributed by atoms with E-state index in [1.165, 1.54) is 0 Å². The van der Waals surface area contributed by atoms with Gasteiger partial charge >= 0.3 is 0 Å². The molecule has 0 saturated carbocycles. The standard InChI is InChI=1S/C20H26N2O4/c1-13-11-14(2)22-18(25-6)15(13)12-21-19(23)20(3,4)26-17-10-8-7-9-16(17)24-5/h7-11H,12H2,1-6H3,(H,21,23). The van der Waals surface area contributed by atoms with Crippen molar-refractivity contribution < 1.29 is 19.0 Å². The zero-order chi connectivity index (χ0) is 19.3. The highest BCUT2D eigenvalue weighted by Crippen LogP contribution is 2.29. The Bertz CT molecular complexity index is 787. The maximum absolute atomic E-state index is 12.7. The molecule has 0 unspecified atom stereocenters. The number of pyridine rings is 1. The highest BCUT2D eigenvalue weighted by Gasteiger charge is 2.31. The Hall–Kier alpha value is -2.76. The maximum Gasteiger partial charge on any atom is 0.263 e. The number of hydrogen-bond acceptors (Lipinski definition) is 5. The summed E-state index contributed by atoms with van der Waals surface area (Å²) < 4.78 is 16.5. The Morgan fingerprint density at radius 2 is 1.77 bits per heavy atom. The second kappa shape index (κ2) is 8.08. The van der Waals surface area contributed by atoms with Gasteiger partial charge in [0.25, 0.3) is 5.91 Å². The molecule has 0 aliphatic rings. The Morgan fingerprint density at radius 3 is 2.38 bits per heavy atom. The first kappa shape index (κ1) is 19.6. The molecule has 1 aromatic heterocycles. The topological polar surface area (TPSA) is 69.7 Å². The second-order valence-electron chi connectivity index (χ2n) is 6.51. The normalized spacial score (nSPS) is 11.0. The minimum Gasteiger partial charge on any atom is -0.493 e. The molecule has 2 aromatic rings. The van der Waals surface area contributed by atoms with E-state index in [0.29, 0.717) is 23.9 Å². The molecule has 1 heterocycles. The Kier molecular flexibility index (Phi) is 6.08. The fourth-order valence-electron chi connectivity index (χ4n) is 2.62. The third-order valence-electron chi connectivity index (χ3n) is 4.04. The average Bonchev–Trinajstić information content (AvgIpc) is 2.60. The van der Waals surface area contributed by atoms with Crippen molar-refractivity contribution in [1.29, 1.82) is 0 Å². The van der Waals surface area contributed by atoms with Crippen LogP contribution in [0.1, 0.15) is 30.7 Å². The number of para-hydroxylation sites is 2. The fraction of sp³-hybridized carbons (Fsp3) is 0.400. The molecule has 0 fully saturated rings. The van der Waals surface area contributed by atoms with Crippen LogP contribution in [0.4, 0.5) is 0 Å². The molecule has 0 atom stereocenters. The molecule has 0 radical (unpaired) electrons. The monoisotopic (exact) mass is 358 g/mol. The summed E-state index contributed by atoms with van der Waals surface area (Å²) >= 11 is 0.